The van der Waals surface area contributed by atoms with Crippen LogP contribution in [0.4, 0.5) is 0 Å². The number of likely N-dealkylation sites (tertiary alicyclic amines) is 1. The van der Waals surface area contributed by atoms with Crippen LogP contribution in [-0.4, -0.2) is 37.0 Å². The Hall–Kier alpha value is -0.280. The van der Waals surface area contributed by atoms with Crippen molar-refractivity contribution >= 4 is 18.3 Å². The van der Waals surface area contributed by atoms with Crippen LogP contribution < -0.4 is 5.32 Å². The molecule has 1 rings (SSSR count). The standard InChI is InChI=1S/C12H24N2O.ClH/c1-10-5-4-6-11(2)14(9-10)12(15)7-8-13-3;/h10-11,13H,4-9H2,1-3H3;1H. The van der Waals surface area contributed by atoms with Gasteiger partial charge in [0.05, 0.1) is 0 Å². The van der Waals surface area contributed by atoms with Crippen LogP contribution >= 0.6 is 12.4 Å². The molecule has 1 aliphatic heterocycles. The zero-order chi connectivity index (χ0) is 11.3. The van der Waals surface area contributed by atoms with Crippen molar-refractivity contribution in [1.29, 1.82) is 0 Å². The van der Waals surface area contributed by atoms with Crippen molar-refractivity contribution < 1.29 is 4.79 Å². The molecule has 3 nitrogen and oxygen atoms in total. The Kier molecular flexibility index (Phi) is 7.77. The first kappa shape index (κ1) is 15.7. The fourth-order valence-electron chi connectivity index (χ4n) is 2.25. The van der Waals surface area contributed by atoms with Gasteiger partial charge in [-0.25, -0.2) is 0 Å². The number of nitrogens with zero attached hydrogens (tertiary/aromatic N) is 1. The minimum atomic E-state index is 0. The van der Waals surface area contributed by atoms with Gasteiger partial charge in [0.25, 0.3) is 0 Å². The Bertz CT molecular complexity index is 211. The second-order valence-corrected chi connectivity index (χ2v) is 4.78. The lowest BCUT2D eigenvalue weighted by molar-refractivity contribution is -0.133. The van der Waals surface area contributed by atoms with Crippen LogP contribution in [0.15, 0.2) is 0 Å². The van der Waals surface area contributed by atoms with E-state index in [0.717, 1.165) is 19.5 Å². The van der Waals surface area contributed by atoms with Gasteiger partial charge >= 0.3 is 0 Å². The molecule has 1 N–H and O–H groups in total. The molecule has 0 spiro atoms. The van der Waals surface area contributed by atoms with E-state index in [1.807, 2.05) is 7.05 Å². The molecule has 2 unspecified atom stereocenters. The molecule has 1 saturated heterocycles. The number of carbonyl (C=O) groups is 1. The highest BCUT2D eigenvalue weighted by molar-refractivity contribution is 5.85. The lowest BCUT2D eigenvalue weighted by Gasteiger charge is -2.28. The largest absolute Gasteiger partial charge is 0.340 e. The Balaban J connectivity index is 0.00000225. The van der Waals surface area contributed by atoms with Gasteiger partial charge in [0.15, 0.2) is 0 Å². The van der Waals surface area contributed by atoms with E-state index in [0.29, 0.717) is 24.3 Å². The highest BCUT2D eigenvalue weighted by Crippen LogP contribution is 2.21. The van der Waals surface area contributed by atoms with Crippen LogP contribution in [0.1, 0.15) is 39.5 Å². The fraction of sp³-hybridized carbons (Fsp3) is 0.917. The lowest BCUT2D eigenvalue weighted by atomic mass is 10.1. The summed E-state index contributed by atoms with van der Waals surface area (Å²) in [5.41, 5.74) is 0. The number of halogens is 1. The summed E-state index contributed by atoms with van der Waals surface area (Å²) in [5, 5.41) is 3.03. The first-order chi connectivity index (χ1) is 7.15. The van der Waals surface area contributed by atoms with Gasteiger partial charge in [-0.15, -0.1) is 12.4 Å². The van der Waals surface area contributed by atoms with E-state index in [2.05, 4.69) is 24.1 Å². The van der Waals surface area contributed by atoms with Crippen molar-refractivity contribution in [3.05, 3.63) is 0 Å². The third-order valence-electron chi connectivity index (χ3n) is 3.27. The van der Waals surface area contributed by atoms with E-state index in [4.69, 9.17) is 0 Å². The van der Waals surface area contributed by atoms with Gasteiger partial charge in [0.2, 0.25) is 5.91 Å². The summed E-state index contributed by atoms with van der Waals surface area (Å²) >= 11 is 0. The maximum Gasteiger partial charge on any atom is 0.224 e. The Morgan fingerprint density at radius 2 is 2.06 bits per heavy atom. The molecule has 16 heavy (non-hydrogen) atoms. The Labute approximate surface area is 105 Å². The summed E-state index contributed by atoms with van der Waals surface area (Å²) < 4.78 is 0. The molecule has 1 amide bonds. The molecule has 0 saturated carbocycles. The molecular weight excluding hydrogens is 224 g/mol. The van der Waals surface area contributed by atoms with Crippen molar-refractivity contribution in [3.8, 4) is 0 Å². The second-order valence-electron chi connectivity index (χ2n) is 4.78. The van der Waals surface area contributed by atoms with Crippen LogP contribution in [0.3, 0.4) is 0 Å². The molecule has 0 aromatic rings. The van der Waals surface area contributed by atoms with Crippen LogP contribution in [-0.2, 0) is 4.79 Å². The third kappa shape index (κ3) is 4.71. The molecule has 96 valence electrons. The zero-order valence-electron chi connectivity index (χ0n) is 10.7. The van der Waals surface area contributed by atoms with Crippen molar-refractivity contribution in [2.75, 3.05) is 20.1 Å². The van der Waals surface area contributed by atoms with Gasteiger partial charge in [0, 0.05) is 25.6 Å². The molecule has 1 aliphatic rings. The van der Waals surface area contributed by atoms with Gasteiger partial charge < -0.3 is 10.2 Å². The zero-order valence-corrected chi connectivity index (χ0v) is 11.5. The second kappa shape index (κ2) is 7.91. The molecule has 1 fully saturated rings. The van der Waals surface area contributed by atoms with Crippen molar-refractivity contribution in [1.82, 2.24) is 10.2 Å². The summed E-state index contributed by atoms with van der Waals surface area (Å²) in [6.45, 7) is 6.16. The van der Waals surface area contributed by atoms with Gasteiger partial charge in [-0.3, -0.25) is 4.79 Å². The topological polar surface area (TPSA) is 32.3 Å². The van der Waals surface area contributed by atoms with Crippen molar-refractivity contribution in [3.63, 3.8) is 0 Å². The van der Waals surface area contributed by atoms with Crippen molar-refractivity contribution in [2.24, 2.45) is 5.92 Å². The van der Waals surface area contributed by atoms with Gasteiger partial charge in [-0.05, 0) is 32.7 Å². The van der Waals surface area contributed by atoms with Crippen LogP contribution in [0.25, 0.3) is 0 Å². The summed E-state index contributed by atoms with van der Waals surface area (Å²) in [6.07, 6.45) is 4.32. The monoisotopic (exact) mass is 248 g/mol. The first-order valence-corrected chi connectivity index (χ1v) is 6.09. The number of hydrogen-bond acceptors (Lipinski definition) is 2. The van der Waals surface area contributed by atoms with Gasteiger partial charge in [-0.1, -0.05) is 13.3 Å². The highest BCUT2D eigenvalue weighted by Gasteiger charge is 2.24. The van der Waals surface area contributed by atoms with Gasteiger partial charge in [0.1, 0.15) is 0 Å². The minimum absolute atomic E-state index is 0. The molecule has 0 aromatic heterocycles. The summed E-state index contributed by atoms with van der Waals surface area (Å²) in [7, 11) is 1.89. The smallest absolute Gasteiger partial charge is 0.224 e. The normalized spacial score (nSPS) is 25.8. The van der Waals surface area contributed by atoms with Crippen LogP contribution in [0.5, 0.6) is 0 Å². The summed E-state index contributed by atoms with van der Waals surface area (Å²) in [5.74, 6) is 0.971. The number of carbonyl (C=O) groups excluding carboxylic acids is 1. The highest BCUT2D eigenvalue weighted by atomic mass is 35.5. The number of rotatable bonds is 3. The fourth-order valence-corrected chi connectivity index (χ4v) is 2.25. The Morgan fingerprint density at radius 3 is 2.69 bits per heavy atom. The Morgan fingerprint density at radius 1 is 1.38 bits per heavy atom. The van der Waals surface area contributed by atoms with E-state index in [9.17, 15) is 4.79 Å². The minimum Gasteiger partial charge on any atom is -0.340 e. The SMILES string of the molecule is CNCCC(=O)N1CC(C)CCCC1C.Cl. The molecule has 0 bridgehead atoms. The molecule has 0 radical (unpaired) electrons. The predicted molar refractivity (Wildman–Crippen MR) is 70.0 cm³/mol. The van der Waals surface area contributed by atoms with E-state index >= 15 is 0 Å². The number of hydrogen-bond donors (Lipinski definition) is 1. The third-order valence-corrected chi connectivity index (χ3v) is 3.27. The van der Waals surface area contributed by atoms with Crippen molar-refractivity contribution in [2.45, 2.75) is 45.6 Å². The molecule has 2 atom stereocenters. The molecule has 0 aromatic carbocycles. The number of amides is 1. The quantitative estimate of drug-likeness (QED) is 0.829. The summed E-state index contributed by atoms with van der Waals surface area (Å²) in [6, 6.07) is 0.430. The van der Waals surface area contributed by atoms with E-state index in [1.165, 1.54) is 12.8 Å². The van der Waals surface area contributed by atoms with Crippen LogP contribution in [0.2, 0.25) is 0 Å². The summed E-state index contributed by atoms with van der Waals surface area (Å²) in [4.78, 5) is 14.0. The average Bonchev–Trinajstić information content (AvgIpc) is 2.37. The number of nitrogens with one attached hydrogen (secondary N) is 1. The average molecular weight is 249 g/mol. The first-order valence-electron chi connectivity index (χ1n) is 6.09. The molecule has 1 heterocycles. The maximum absolute atomic E-state index is 12.0. The van der Waals surface area contributed by atoms with E-state index < -0.39 is 0 Å². The lowest BCUT2D eigenvalue weighted by Crippen LogP contribution is -2.40. The van der Waals surface area contributed by atoms with Crippen LogP contribution in [0, 0.1) is 5.92 Å². The molecular formula is C12H25ClN2O. The predicted octanol–water partition coefficient (Wildman–Crippen LogP) is 2.05. The maximum atomic E-state index is 12.0. The molecule has 0 aliphatic carbocycles. The molecule has 4 heteroatoms. The van der Waals surface area contributed by atoms with Gasteiger partial charge in [-0.2, -0.15) is 0 Å². The van der Waals surface area contributed by atoms with E-state index in [1.54, 1.807) is 0 Å². The van der Waals surface area contributed by atoms with E-state index in [-0.39, 0.29) is 12.4 Å².